The first-order valence-corrected chi connectivity index (χ1v) is 3.72. The summed E-state index contributed by atoms with van der Waals surface area (Å²) in [5, 5.41) is 19.6. The molecule has 1 heterocycles. The van der Waals surface area contributed by atoms with E-state index in [1.165, 1.54) is 0 Å². The highest BCUT2D eigenvalue weighted by atomic mass is 15.0. The molecule has 0 amide bonds. The van der Waals surface area contributed by atoms with E-state index in [4.69, 9.17) is 10.5 Å². The predicted octanol–water partition coefficient (Wildman–Crippen LogP) is 1.46. The zero-order valence-electron chi connectivity index (χ0n) is 7.42. The monoisotopic (exact) mass is 172 g/mol. The second-order valence-electron chi connectivity index (χ2n) is 2.65. The maximum absolute atomic E-state index is 8.78. The molecule has 4 nitrogen and oxygen atoms in total. The van der Waals surface area contributed by atoms with Crippen LogP contribution in [0.15, 0.2) is 6.07 Å². The van der Waals surface area contributed by atoms with E-state index in [1.54, 1.807) is 12.3 Å². The first kappa shape index (κ1) is 9.02. The molecular weight excluding hydrogens is 164 g/mol. The molecule has 1 aromatic rings. The van der Waals surface area contributed by atoms with Crippen LogP contribution in [0.2, 0.25) is 0 Å². The number of hydrogen-bond donors (Lipinski definition) is 1. The quantitative estimate of drug-likeness (QED) is 0.514. The van der Waals surface area contributed by atoms with Crippen molar-refractivity contribution in [2.75, 3.05) is 5.32 Å². The second kappa shape index (κ2) is 3.55. The largest absolute Gasteiger partial charge is 0.276 e. The van der Waals surface area contributed by atoms with E-state index < -0.39 is 0 Å². The molecule has 1 N–H and O–H groups in total. The van der Waals surface area contributed by atoms with Crippen LogP contribution in [-0.4, -0.2) is 4.98 Å². The lowest BCUT2D eigenvalue weighted by molar-refractivity contribution is 1.16. The van der Waals surface area contributed by atoms with E-state index in [0.717, 1.165) is 11.3 Å². The average molecular weight is 172 g/mol. The number of nitriles is 2. The number of anilines is 1. The summed E-state index contributed by atoms with van der Waals surface area (Å²) in [6, 6.07) is 3.81. The minimum atomic E-state index is 0.336. The molecule has 0 radical (unpaired) electrons. The molecule has 0 aliphatic carbocycles. The molecule has 0 aliphatic rings. The molecule has 0 saturated heterocycles. The van der Waals surface area contributed by atoms with Gasteiger partial charge in [-0.25, -0.2) is 4.98 Å². The predicted molar refractivity (Wildman–Crippen MR) is 47.7 cm³/mol. The van der Waals surface area contributed by atoms with Gasteiger partial charge >= 0.3 is 0 Å². The Hall–Kier alpha value is -2.07. The Morgan fingerprint density at radius 2 is 2.08 bits per heavy atom. The second-order valence-corrected chi connectivity index (χ2v) is 2.65. The van der Waals surface area contributed by atoms with Gasteiger partial charge in [0.2, 0.25) is 0 Å². The van der Waals surface area contributed by atoms with Gasteiger partial charge in [0, 0.05) is 5.69 Å². The molecule has 1 rings (SSSR count). The van der Waals surface area contributed by atoms with Crippen molar-refractivity contribution >= 4 is 5.82 Å². The molecule has 0 aromatic carbocycles. The van der Waals surface area contributed by atoms with Crippen LogP contribution in [-0.2, 0) is 0 Å². The maximum Gasteiger partial charge on any atom is 0.182 e. The van der Waals surface area contributed by atoms with Gasteiger partial charge < -0.3 is 0 Å². The highest BCUT2D eigenvalue weighted by Gasteiger charge is 2.06. The molecule has 64 valence electrons. The Balaban J connectivity index is 3.33. The number of aromatic nitrogens is 1. The van der Waals surface area contributed by atoms with E-state index in [-0.39, 0.29) is 0 Å². The highest BCUT2D eigenvalue weighted by molar-refractivity contribution is 5.57. The Kier molecular flexibility index (Phi) is 2.47. The fourth-order valence-electron chi connectivity index (χ4n) is 1.12. The lowest BCUT2D eigenvalue weighted by Gasteiger charge is -2.04. The standard InChI is InChI=1S/C9H8N4/c1-6-3-7(2)13-9(12-5-11)8(6)4-10/h3H,1-2H3,(H,12,13). The summed E-state index contributed by atoms with van der Waals surface area (Å²) in [5.74, 6) is 0.336. The van der Waals surface area contributed by atoms with E-state index in [1.807, 2.05) is 19.9 Å². The number of rotatable bonds is 1. The Labute approximate surface area is 76.4 Å². The summed E-state index contributed by atoms with van der Waals surface area (Å²) < 4.78 is 0. The van der Waals surface area contributed by atoms with Crippen molar-refractivity contribution in [1.82, 2.24) is 4.98 Å². The normalized spacial score (nSPS) is 8.62. The van der Waals surface area contributed by atoms with Crippen LogP contribution in [0.3, 0.4) is 0 Å². The summed E-state index contributed by atoms with van der Waals surface area (Å²) in [6.45, 7) is 3.63. The third-order valence-electron chi connectivity index (χ3n) is 1.63. The molecule has 0 bridgehead atoms. The molecule has 1 aromatic heterocycles. The molecule has 0 saturated carbocycles. The van der Waals surface area contributed by atoms with Gasteiger partial charge in [0.15, 0.2) is 12.0 Å². The number of nitrogens with one attached hydrogen (secondary N) is 1. The maximum atomic E-state index is 8.78. The average Bonchev–Trinajstić information content (AvgIpc) is 2.04. The fourth-order valence-corrected chi connectivity index (χ4v) is 1.12. The summed E-state index contributed by atoms with van der Waals surface area (Å²) in [7, 11) is 0. The Morgan fingerprint density at radius 3 is 2.62 bits per heavy atom. The molecule has 0 atom stereocenters. The molecule has 0 unspecified atom stereocenters. The van der Waals surface area contributed by atoms with Crippen LogP contribution in [0, 0.1) is 36.6 Å². The summed E-state index contributed by atoms with van der Waals surface area (Å²) in [5.41, 5.74) is 2.04. The molecular formula is C9H8N4. The topological polar surface area (TPSA) is 72.5 Å². The van der Waals surface area contributed by atoms with Gasteiger partial charge in [-0.15, -0.1) is 0 Å². The lowest BCUT2D eigenvalue weighted by Crippen LogP contribution is -1.99. The van der Waals surface area contributed by atoms with E-state index in [2.05, 4.69) is 10.3 Å². The van der Waals surface area contributed by atoms with Gasteiger partial charge in [0.05, 0.1) is 5.56 Å². The molecule has 13 heavy (non-hydrogen) atoms. The van der Waals surface area contributed by atoms with Crippen LogP contribution >= 0.6 is 0 Å². The van der Waals surface area contributed by atoms with Gasteiger partial charge in [0.25, 0.3) is 0 Å². The van der Waals surface area contributed by atoms with Crippen molar-refractivity contribution in [3.8, 4) is 12.3 Å². The van der Waals surface area contributed by atoms with Gasteiger partial charge in [0.1, 0.15) is 6.07 Å². The van der Waals surface area contributed by atoms with Gasteiger partial charge in [-0.1, -0.05) is 0 Å². The van der Waals surface area contributed by atoms with Crippen LogP contribution in [0.5, 0.6) is 0 Å². The van der Waals surface area contributed by atoms with Crippen LogP contribution in [0.4, 0.5) is 5.82 Å². The molecule has 0 aliphatic heterocycles. The third kappa shape index (κ3) is 1.74. The zero-order valence-corrected chi connectivity index (χ0v) is 7.42. The van der Waals surface area contributed by atoms with E-state index >= 15 is 0 Å². The first-order chi connectivity index (χ1) is 6.19. The fraction of sp³-hybridized carbons (Fsp3) is 0.222. The zero-order chi connectivity index (χ0) is 9.84. The van der Waals surface area contributed by atoms with Crippen molar-refractivity contribution < 1.29 is 0 Å². The SMILES string of the molecule is Cc1cc(C)c(C#N)c(NC#N)n1. The smallest absolute Gasteiger partial charge is 0.182 e. The van der Waals surface area contributed by atoms with Gasteiger partial charge in [-0.2, -0.15) is 10.5 Å². The van der Waals surface area contributed by atoms with E-state index in [9.17, 15) is 0 Å². The van der Waals surface area contributed by atoms with Crippen LogP contribution in [0.1, 0.15) is 16.8 Å². The number of aryl methyl sites for hydroxylation is 2. The minimum Gasteiger partial charge on any atom is -0.276 e. The minimum absolute atomic E-state index is 0.336. The van der Waals surface area contributed by atoms with Crippen molar-refractivity contribution in [3.05, 3.63) is 22.9 Å². The highest BCUT2D eigenvalue weighted by Crippen LogP contribution is 2.16. The number of nitrogens with zero attached hydrogens (tertiary/aromatic N) is 3. The third-order valence-corrected chi connectivity index (χ3v) is 1.63. The number of hydrogen-bond acceptors (Lipinski definition) is 4. The Morgan fingerprint density at radius 1 is 1.38 bits per heavy atom. The molecule has 0 fully saturated rings. The number of pyridine rings is 1. The first-order valence-electron chi connectivity index (χ1n) is 3.72. The van der Waals surface area contributed by atoms with Gasteiger partial charge in [-0.3, -0.25) is 5.32 Å². The van der Waals surface area contributed by atoms with Crippen molar-refractivity contribution in [2.45, 2.75) is 13.8 Å². The van der Waals surface area contributed by atoms with Crippen molar-refractivity contribution in [1.29, 1.82) is 10.5 Å². The van der Waals surface area contributed by atoms with Crippen LogP contribution < -0.4 is 5.32 Å². The van der Waals surface area contributed by atoms with Crippen LogP contribution in [0.25, 0.3) is 0 Å². The molecule has 0 spiro atoms. The van der Waals surface area contributed by atoms with Crippen molar-refractivity contribution in [2.24, 2.45) is 0 Å². The summed E-state index contributed by atoms with van der Waals surface area (Å²) >= 11 is 0. The molecule has 4 heteroatoms. The van der Waals surface area contributed by atoms with Crippen molar-refractivity contribution in [3.63, 3.8) is 0 Å². The lowest BCUT2D eigenvalue weighted by atomic mass is 10.1. The van der Waals surface area contributed by atoms with E-state index in [0.29, 0.717) is 11.4 Å². The Bertz CT molecular complexity index is 409. The van der Waals surface area contributed by atoms with Gasteiger partial charge in [-0.05, 0) is 25.5 Å². The summed E-state index contributed by atoms with van der Waals surface area (Å²) in [4.78, 5) is 4.04. The summed E-state index contributed by atoms with van der Waals surface area (Å²) in [6.07, 6.45) is 1.75.